The van der Waals surface area contributed by atoms with Gasteiger partial charge in [0.1, 0.15) is 17.1 Å². The molecular formula is C9H8F3NO2. The Morgan fingerprint density at radius 3 is 2.67 bits per heavy atom. The van der Waals surface area contributed by atoms with Gasteiger partial charge in [-0.3, -0.25) is 4.79 Å². The van der Waals surface area contributed by atoms with Gasteiger partial charge in [-0.05, 0) is 12.1 Å². The van der Waals surface area contributed by atoms with E-state index < -0.39 is 36.0 Å². The molecule has 0 radical (unpaired) electrons. The molecule has 0 aliphatic carbocycles. The van der Waals surface area contributed by atoms with Crippen molar-refractivity contribution >= 4 is 5.91 Å². The summed E-state index contributed by atoms with van der Waals surface area (Å²) >= 11 is 0. The van der Waals surface area contributed by atoms with Gasteiger partial charge in [-0.1, -0.05) is 6.07 Å². The maximum Gasteiger partial charge on any atom is 0.258 e. The van der Waals surface area contributed by atoms with Gasteiger partial charge < -0.3 is 10.4 Å². The first kappa shape index (κ1) is 11.4. The zero-order valence-corrected chi connectivity index (χ0v) is 7.51. The summed E-state index contributed by atoms with van der Waals surface area (Å²) in [6, 6.07) is 3.26. The first-order valence-corrected chi connectivity index (χ1v) is 4.06. The molecule has 2 N–H and O–H groups in total. The molecule has 0 heterocycles. The van der Waals surface area contributed by atoms with Crippen molar-refractivity contribution in [3.05, 3.63) is 29.6 Å². The average molecular weight is 219 g/mol. The smallest absolute Gasteiger partial charge is 0.258 e. The van der Waals surface area contributed by atoms with Crippen LogP contribution in [0.1, 0.15) is 10.4 Å². The normalized spacial score (nSPS) is 10.4. The Hall–Kier alpha value is -1.72. The van der Waals surface area contributed by atoms with Gasteiger partial charge in [0.25, 0.3) is 12.3 Å². The van der Waals surface area contributed by atoms with Crippen LogP contribution in [0.25, 0.3) is 0 Å². The summed E-state index contributed by atoms with van der Waals surface area (Å²) in [6.45, 7) is -0.882. The maximum absolute atomic E-state index is 13.0. The lowest BCUT2D eigenvalue weighted by atomic mass is 10.2. The van der Waals surface area contributed by atoms with Crippen molar-refractivity contribution < 1.29 is 23.1 Å². The van der Waals surface area contributed by atoms with Crippen molar-refractivity contribution in [3.8, 4) is 5.75 Å². The van der Waals surface area contributed by atoms with Crippen LogP contribution >= 0.6 is 0 Å². The van der Waals surface area contributed by atoms with Crippen LogP contribution in [0, 0.1) is 5.82 Å². The molecule has 0 saturated carbocycles. The second-order valence-electron chi connectivity index (χ2n) is 2.74. The van der Waals surface area contributed by atoms with E-state index in [9.17, 15) is 18.0 Å². The van der Waals surface area contributed by atoms with Crippen LogP contribution in [-0.2, 0) is 0 Å². The summed E-state index contributed by atoms with van der Waals surface area (Å²) < 4.78 is 36.5. The third-order valence-electron chi connectivity index (χ3n) is 1.64. The summed E-state index contributed by atoms with van der Waals surface area (Å²) in [4.78, 5) is 11.1. The number of benzene rings is 1. The first-order chi connectivity index (χ1) is 7.02. The van der Waals surface area contributed by atoms with E-state index in [1.807, 2.05) is 0 Å². The predicted molar refractivity (Wildman–Crippen MR) is 46.4 cm³/mol. The largest absolute Gasteiger partial charge is 0.507 e. The molecule has 0 aromatic heterocycles. The molecule has 1 amide bonds. The van der Waals surface area contributed by atoms with Crippen LogP contribution in [0.2, 0.25) is 0 Å². The number of aromatic hydroxyl groups is 1. The number of alkyl halides is 2. The zero-order chi connectivity index (χ0) is 11.4. The van der Waals surface area contributed by atoms with Crippen LogP contribution in [0.15, 0.2) is 18.2 Å². The van der Waals surface area contributed by atoms with Gasteiger partial charge in [0, 0.05) is 0 Å². The van der Waals surface area contributed by atoms with Gasteiger partial charge >= 0.3 is 0 Å². The van der Waals surface area contributed by atoms with Gasteiger partial charge in [-0.2, -0.15) is 0 Å². The second-order valence-corrected chi connectivity index (χ2v) is 2.74. The Labute approximate surface area is 83.5 Å². The molecule has 0 spiro atoms. The summed E-state index contributed by atoms with van der Waals surface area (Å²) in [6.07, 6.45) is -2.72. The van der Waals surface area contributed by atoms with Crippen molar-refractivity contribution in [2.45, 2.75) is 6.43 Å². The second kappa shape index (κ2) is 4.68. The summed E-state index contributed by atoms with van der Waals surface area (Å²) in [5.74, 6) is -2.60. The average Bonchev–Trinajstić information content (AvgIpc) is 2.14. The Morgan fingerprint density at radius 1 is 1.47 bits per heavy atom. The van der Waals surface area contributed by atoms with Crippen molar-refractivity contribution in [2.24, 2.45) is 0 Å². The number of carbonyl (C=O) groups is 1. The van der Waals surface area contributed by atoms with Crippen LogP contribution in [0.5, 0.6) is 5.75 Å². The van der Waals surface area contributed by atoms with Gasteiger partial charge in [0.2, 0.25) is 0 Å². The van der Waals surface area contributed by atoms with Crippen LogP contribution in [0.3, 0.4) is 0 Å². The van der Waals surface area contributed by atoms with Gasteiger partial charge in [-0.25, -0.2) is 13.2 Å². The third-order valence-corrected chi connectivity index (χ3v) is 1.64. The van der Waals surface area contributed by atoms with E-state index in [0.29, 0.717) is 0 Å². The standard InChI is InChI=1S/C9H8F3NO2/c10-5-2-1-3-6(14)8(5)9(15)13-4-7(11)12/h1-3,7,14H,4H2,(H,13,15). The fourth-order valence-electron chi connectivity index (χ4n) is 0.996. The fraction of sp³-hybridized carbons (Fsp3) is 0.222. The zero-order valence-electron chi connectivity index (χ0n) is 7.51. The third kappa shape index (κ3) is 2.87. The van der Waals surface area contributed by atoms with E-state index in [0.717, 1.165) is 12.1 Å². The van der Waals surface area contributed by atoms with Crippen LogP contribution in [-0.4, -0.2) is 24.0 Å². The number of rotatable bonds is 3. The molecule has 0 unspecified atom stereocenters. The number of hydrogen-bond acceptors (Lipinski definition) is 2. The number of halogens is 3. The molecule has 0 aliphatic heterocycles. The number of carbonyl (C=O) groups excluding carboxylic acids is 1. The first-order valence-electron chi connectivity index (χ1n) is 4.06. The number of amides is 1. The van der Waals surface area contributed by atoms with E-state index in [1.54, 1.807) is 5.32 Å². The molecule has 3 nitrogen and oxygen atoms in total. The quantitative estimate of drug-likeness (QED) is 0.809. The lowest BCUT2D eigenvalue weighted by Crippen LogP contribution is -2.29. The highest BCUT2D eigenvalue weighted by molar-refractivity contribution is 5.97. The Bertz CT molecular complexity index is 348. The van der Waals surface area contributed by atoms with E-state index >= 15 is 0 Å². The highest BCUT2D eigenvalue weighted by Gasteiger charge is 2.17. The molecule has 6 heteroatoms. The van der Waals surface area contributed by atoms with Crippen molar-refractivity contribution in [1.82, 2.24) is 5.32 Å². The number of phenolic OH excluding ortho intramolecular Hbond substituents is 1. The number of phenols is 1. The van der Waals surface area contributed by atoms with E-state index in [-0.39, 0.29) is 0 Å². The van der Waals surface area contributed by atoms with Crippen LogP contribution < -0.4 is 5.32 Å². The Morgan fingerprint density at radius 2 is 2.13 bits per heavy atom. The van der Waals surface area contributed by atoms with Crippen LogP contribution in [0.4, 0.5) is 13.2 Å². The summed E-state index contributed by atoms with van der Waals surface area (Å²) in [5, 5.41) is 10.9. The lowest BCUT2D eigenvalue weighted by Gasteiger charge is -2.06. The van der Waals surface area contributed by atoms with Crippen molar-refractivity contribution in [2.75, 3.05) is 6.54 Å². The fourth-order valence-corrected chi connectivity index (χ4v) is 0.996. The molecule has 1 rings (SSSR count). The monoisotopic (exact) mass is 219 g/mol. The minimum absolute atomic E-state index is 0.582. The van der Waals surface area contributed by atoms with Crippen molar-refractivity contribution in [1.29, 1.82) is 0 Å². The topological polar surface area (TPSA) is 49.3 Å². The molecule has 82 valence electrons. The Balaban J connectivity index is 2.82. The minimum atomic E-state index is -2.72. The molecule has 1 aromatic rings. The predicted octanol–water partition coefficient (Wildman–Crippen LogP) is 1.53. The summed E-state index contributed by atoms with van der Waals surface area (Å²) in [5.41, 5.74) is -0.627. The molecular weight excluding hydrogens is 211 g/mol. The summed E-state index contributed by atoms with van der Waals surface area (Å²) in [7, 11) is 0. The SMILES string of the molecule is O=C(NCC(F)F)c1c(O)cccc1F. The van der Waals surface area contributed by atoms with E-state index in [2.05, 4.69) is 0 Å². The molecule has 0 fully saturated rings. The van der Waals surface area contributed by atoms with Gasteiger partial charge in [-0.15, -0.1) is 0 Å². The lowest BCUT2D eigenvalue weighted by molar-refractivity contribution is 0.0885. The minimum Gasteiger partial charge on any atom is -0.507 e. The molecule has 0 aliphatic rings. The highest BCUT2D eigenvalue weighted by atomic mass is 19.3. The molecule has 15 heavy (non-hydrogen) atoms. The number of nitrogens with one attached hydrogen (secondary N) is 1. The van der Waals surface area contributed by atoms with Crippen molar-refractivity contribution in [3.63, 3.8) is 0 Å². The van der Waals surface area contributed by atoms with E-state index in [1.165, 1.54) is 6.07 Å². The maximum atomic E-state index is 13.0. The molecule has 0 saturated heterocycles. The van der Waals surface area contributed by atoms with E-state index in [4.69, 9.17) is 5.11 Å². The molecule has 1 aromatic carbocycles. The number of hydrogen-bond donors (Lipinski definition) is 2. The molecule has 0 atom stereocenters. The highest BCUT2D eigenvalue weighted by Crippen LogP contribution is 2.19. The van der Waals surface area contributed by atoms with Gasteiger partial charge in [0.15, 0.2) is 0 Å². The van der Waals surface area contributed by atoms with Gasteiger partial charge in [0.05, 0.1) is 6.54 Å². The molecule has 0 bridgehead atoms. The Kier molecular flexibility index (Phi) is 3.54.